The molecule has 2 heteroatoms. The van der Waals surface area contributed by atoms with Gasteiger partial charge in [0.15, 0.2) is 0 Å². The quantitative estimate of drug-likeness (QED) is 0.591. The Kier molecular flexibility index (Phi) is 7.18. The molecular formula is C9H21NS. The third-order valence-corrected chi connectivity index (χ3v) is 2.65. The van der Waals surface area contributed by atoms with Crippen LogP contribution in [0.15, 0.2) is 0 Å². The smallest absolute Gasteiger partial charge is 0.00744 e. The molecule has 0 spiro atoms. The maximum Gasteiger partial charge on any atom is 0.00744 e. The lowest BCUT2D eigenvalue weighted by Gasteiger charge is -2.18. The van der Waals surface area contributed by atoms with Gasteiger partial charge >= 0.3 is 0 Å². The molecule has 0 bridgehead atoms. The number of hydrogen-bond acceptors (Lipinski definition) is 2. The fraction of sp³-hybridized carbons (Fsp3) is 1.00. The number of thiol groups is 1. The van der Waals surface area contributed by atoms with Gasteiger partial charge in [-0.15, -0.1) is 0 Å². The minimum Gasteiger partial charge on any atom is -0.317 e. The van der Waals surface area contributed by atoms with Gasteiger partial charge in [0, 0.05) is 11.3 Å². The van der Waals surface area contributed by atoms with Crippen LogP contribution >= 0.6 is 12.6 Å². The van der Waals surface area contributed by atoms with E-state index in [1.807, 2.05) is 7.05 Å². The molecule has 0 aliphatic carbocycles. The highest BCUT2D eigenvalue weighted by Gasteiger charge is 2.08. The first-order valence-corrected chi connectivity index (χ1v) is 5.11. The highest BCUT2D eigenvalue weighted by Crippen LogP contribution is 2.11. The molecule has 0 aliphatic rings. The van der Waals surface area contributed by atoms with Gasteiger partial charge < -0.3 is 5.32 Å². The van der Waals surface area contributed by atoms with Crippen LogP contribution < -0.4 is 5.32 Å². The van der Waals surface area contributed by atoms with Gasteiger partial charge in [0.2, 0.25) is 0 Å². The summed E-state index contributed by atoms with van der Waals surface area (Å²) in [4.78, 5) is 0. The van der Waals surface area contributed by atoms with E-state index < -0.39 is 0 Å². The fourth-order valence-electron chi connectivity index (χ4n) is 1.22. The average Bonchev–Trinajstić information content (AvgIpc) is 2.03. The van der Waals surface area contributed by atoms with Gasteiger partial charge in [-0.2, -0.15) is 12.6 Å². The van der Waals surface area contributed by atoms with Crippen LogP contribution in [0.1, 0.15) is 39.5 Å². The van der Waals surface area contributed by atoms with Gasteiger partial charge in [0.25, 0.3) is 0 Å². The van der Waals surface area contributed by atoms with Crippen molar-refractivity contribution in [1.29, 1.82) is 0 Å². The topological polar surface area (TPSA) is 12.0 Å². The Morgan fingerprint density at radius 1 is 1.36 bits per heavy atom. The lowest BCUT2D eigenvalue weighted by atomic mass is 10.1. The number of hydrogen-bond donors (Lipinski definition) is 2. The molecule has 2 atom stereocenters. The van der Waals surface area contributed by atoms with Crippen molar-refractivity contribution in [1.82, 2.24) is 5.32 Å². The zero-order chi connectivity index (χ0) is 8.69. The van der Waals surface area contributed by atoms with Gasteiger partial charge in [-0.05, 0) is 26.3 Å². The van der Waals surface area contributed by atoms with Crippen molar-refractivity contribution in [2.45, 2.75) is 50.8 Å². The standard InChI is InChI=1S/C9H21NS/c1-4-6-8(10-3)7-9(11)5-2/h8-11H,4-7H2,1-3H3/t8-,9-/m1/s1. The summed E-state index contributed by atoms with van der Waals surface area (Å²) in [5.41, 5.74) is 0. The zero-order valence-corrected chi connectivity index (χ0v) is 8.82. The van der Waals surface area contributed by atoms with Crippen LogP contribution in [0.25, 0.3) is 0 Å². The van der Waals surface area contributed by atoms with Crippen LogP contribution in [0.5, 0.6) is 0 Å². The second-order valence-electron chi connectivity index (χ2n) is 3.07. The minimum atomic E-state index is 0.569. The van der Waals surface area contributed by atoms with Crippen molar-refractivity contribution in [3.63, 3.8) is 0 Å². The number of nitrogens with one attached hydrogen (secondary N) is 1. The van der Waals surface area contributed by atoms with Gasteiger partial charge in [0.1, 0.15) is 0 Å². The van der Waals surface area contributed by atoms with Gasteiger partial charge in [-0.25, -0.2) is 0 Å². The van der Waals surface area contributed by atoms with E-state index in [-0.39, 0.29) is 0 Å². The predicted molar refractivity (Wildman–Crippen MR) is 55.4 cm³/mol. The molecule has 11 heavy (non-hydrogen) atoms. The summed E-state index contributed by atoms with van der Waals surface area (Å²) in [7, 11) is 2.04. The molecule has 1 nitrogen and oxygen atoms in total. The van der Waals surface area contributed by atoms with E-state index in [2.05, 4.69) is 31.8 Å². The van der Waals surface area contributed by atoms with Crippen LogP contribution in [0.3, 0.4) is 0 Å². The molecule has 0 fully saturated rings. The molecule has 0 amide bonds. The van der Waals surface area contributed by atoms with Crippen molar-refractivity contribution in [3.8, 4) is 0 Å². The molecule has 0 unspecified atom stereocenters. The second-order valence-corrected chi connectivity index (χ2v) is 3.80. The fourth-order valence-corrected chi connectivity index (χ4v) is 1.48. The van der Waals surface area contributed by atoms with Crippen LogP contribution in [0.2, 0.25) is 0 Å². The van der Waals surface area contributed by atoms with Gasteiger partial charge in [-0.1, -0.05) is 20.3 Å². The molecule has 0 aromatic carbocycles. The summed E-state index contributed by atoms with van der Waals surface area (Å²) >= 11 is 4.48. The van der Waals surface area contributed by atoms with E-state index >= 15 is 0 Å². The van der Waals surface area contributed by atoms with E-state index in [4.69, 9.17) is 0 Å². The van der Waals surface area contributed by atoms with Crippen LogP contribution in [-0.4, -0.2) is 18.3 Å². The lowest BCUT2D eigenvalue weighted by molar-refractivity contribution is 0.474. The summed E-state index contributed by atoms with van der Waals surface area (Å²) < 4.78 is 0. The first-order valence-electron chi connectivity index (χ1n) is 4.59. The molecule has 0 saturated heterocycles. The van der Waals surface area contributed by atoms with Crippen LogP contribution in [0, 0.1) is 0 Å². The molecular weight excluding hydrogens is 154 g/mol. The Bertz CT molecular complexity index is 85.6. The molecule has 0 heterocycles. The SMILES string of the molecule is CCC[C@H](C[C@H](S)CC)NC. The predicted octanol–water partition coefficient (Wildman–Crippen LogP) is 2.47. The van der Waals surface area contributed by atoms with E-state index in [9.17, 15) is 0 Å². The minimum absolute atomic E-state index is 0.569. The highest BCUT2D eigenvalue weighted by atomic mass is 32.1. The molecule has 0 aromatic heterocycles. The first-order chi connectivity index (χ1) is 5.24. The van der Waals surface area contributed by atoms with Crippen molar-refractivity contribution in [3.05, 3.63) is 0 Å². The molecule has 0 rings (SSSR count). The Morgan fingerprint density at radius 2 is 2.00 bits per heavy atom. The third kappa shape index (κ3) is 5.57. The second kappa shape index (κ2) is 6.99. The summed E-state index contributed by atoms with van der Waals surface area (Å²) in [5, 5.41) is 3.89. The third-order valence-electron chi connectivity index (χ3n) is 2.07. The molecule has 0 aliphatic heterocycles. The van der Waals surface area contributed by atoms with Crippen molar-refractivity contribution >= 4 is 12.6 Å². The molecule has 68 valence electrons. The number of rotatable bonds is 6. The molecule has 0 aromatic rings. The Balaban J connectivity index is 3.49. The first kappa shape index (κ1) is 11.3. The summed E-state index contributed by atoms with van der Waals surface area (Å²) in [6.45, 7) is 4.42. The van der Waals surface area contributed by atoms with E-state index in [0.29, 0.717) is 11.3 Å². The summed E-state index contributed by atoms with van der Waals surface area (Å²) in [5.74, 6) is 0. The van der Waals surface area contributed by atoms with Gasteiger partial charge in [0.05, 0.1) is 0 Å². The maximum atomic E-state index is 4.48. The highest BCUT2D eigenvalue weighted by molar-refractivity contribution is 7.80. The van der Waals surface area contributed by atoms with E-state index in [1.165, 1.54) is 25.7 Å². The Morgan fingerprint density at radius 3 is 2.36 bits per heavy atom. The normalized spacial score (nSPS) is 16.4. The Labute approximate surface area is 76.4 Å². The largest absolute Gasteiger partial charge is 0.317 e. The van der Waals surface area contributed by atoms with Crippen molar-refractivity contribution in [2.75, 3.05) is 7.05 Å². The van der Waals surface area contributed by atoms with Gasteiger partial charge in [-0.3, -0.25) is 0 Å². The van der Waals surface area contributed by atoms with E-state index in [1.54, 1.807) is 0 Å². The lowest BCUT2D eigenvalue weighted by Crippen LogP contribution is -2.27. The van der Waals surface area contributed by atoms with Crippen LogP contribution in [-0.2, 0) is 0 Å². The Hall–Kier alpha value is 0.310. The average molecular weight is 175 g/mol. The monoisotopic (exact) mass is 175 g/mol. The summed E-state index contributed by atoms with van der Waals surface area (Å²) in [6.07, 6.45) is 4.90. The van der Waals surface area contributed by atoms with Crippen LogP contribution in [0.4, 0.5) is 0 Å². The zero-order valence-electron chi connectivity index (χ0n) is 7.93. The maximum absolute atomic E-state index is 4.48. The van der Waals surface area contributed by atoms with E-state index in [0.717, 1.165) is 0 Å². The molecule has 1 N–H and O–H groups in total. The molecule has 0 radical (unpaired) electrons. The van der Waals surface area contributed by atoms with Crippen molar-refractivity contribution < 1.29 is 0 Å². The molecule has 0 saturated carbocycles. The van der Waals surface area contributed by atoms with Crippen molar-refractivity contribution in [2.24, 2.45) is 0 Å². The summed E-state index contributed by atoms with van der Waals surface area (Å²) in [6, 6.07) is 0.669.